The van der Waals surface area contributed by atoms with Crippen LogP contribution in [0.3, 0.4) is 0 Å². The molecule has 0 bridgehead atoms. The quantitative estimate of drug-likeness (QED) is 0.802. The Kier molecular flexibility index (Phi) is 4.50. The lowest BCUT2D eigenvalue weighted by molar-refractivity contribution is 0.199. The molecule has 0 radical (unpaired) electrons. The van der Waals surface area contributed by atoms with E-state index in [0.29, 0.717) is 0 Å². The fourth-order valence-corrected chi connectivity index (χ4v) is 4.03. The topological polar surface area (TPSA) is 21.3 Å². The maximum absolute atomic E-state index is 5.00. The van der Waals surface area contributed by atoms with Gasteiger partial charge in [0.1, 0.15) is 0 Å². The smallest absolute Gasteiger partial charge is 0.0587 e. The highest BCUT2D eigenvalue weighted by Crippen LogP contribution is 2.31. The van der Waals surface area contributed by atoms with Crippen molar-refractivity contribution in [3.63, 3.8) is 0 Å². The first-order valence-electron chi connectivity index (χ1n) is 5.28. The molecule has 0 aromatic carbocycles. The van der Waals surface area contributed by atoms with E-state index in [-0.39, 0.29) is 0 Å². The van der Waals surface area contributed by atoms with Crippen molar-refractivity contribution < 1.29 is 4.74 Å². The second-order valence-electron chi connectivity index (χ2n) is 3.63. The van der Waals surface area contributed by atoms with E-state index in [1.807, 2.05) is 23.1 Å². The number of thiophene rings is 1. The molecular formula is C11H17NOS2. The Hall–Kier alpha value is -0.0300. The second kappa shape index (κ2) is 5.89. The summed E-state index contributed by atoms with van der Waals surface area (Å²) in [4.78, 5) is 3.08. The first-order valence-corrected chi connectivity index (χ1v) is 7.25. The van der Waals surface area contributed by atoms with E-state index in [1.165, 1.54) is 22.8 Å². The summed E-state index contributed by atoms with van der Waals surface area (Å²) in [6, 6.07) is 2.37. The van der Waals surface area contributed by atoms with Gasteiger partial charge in [-0.25, -0.2) is 0 Å². The zero-order valence-electron chi connectivity index (χ0n) is 9.04. The van der Waals surface area contributed by atoms with Crippen molar-refractivity contribution in [2.75, 3.05) is 26.0 Å². The molecule has 1 aliphatic rings. The van der Waals surface area contributed by atoms with Crippen molar-refractivity contribution >= 4 is 23.1 Å². The van der Waals surface area contributed by atoms with Gasteiger partial charge >= 0.3 is 0 Å². The van der Waals surface area contributed by atoms with Crippen LogP contribution in [0.1, 0.15) is 15.3 Å². The molecule has 2 nitrogen and oxygen atoms in total. The Bertz CT molecular complexity index is 288. The average molecular weight is 243 g/mol. The van der Waals surface area contributed by atoms with Gasteiger partial charge in [0.15, 0.2) is 0 Å². The van der Waals surface area contributed by atoms with Crippen LogP contribution < -0.4 is 5.32 Å². The Labute approximate surface area is 99.4 Å². The number of hydrogen-bond donors (Lipinski definition) is 1. The van der Waals surface area contributed by atoms with Gasteiger partial charge < -0.3 is 10.1 Å². The highest BCUT2D eigenvalue weighted by atomic mass is 32.2. The van der Waals surface area contributed by atoms with Crippen molar-refractivity contribution in [1.29, 1.82) is 0 Å². The van der Waals surface area contributed by atoms with E-state index in [2.05, 4.69) is 11.4 Å². The van der Waals surface area contributed by atoms with Crippen molar-refractivity contribution in [2.24, 2.45) is 0 Å². The summed E-state index contributed by atoms with van der Waals surface area (Å²) >= 11 is 4.03. The van der Waals surface area contributed by atoms with Crippen LogP contribution >= 0.6 is 23.1 Å². The van der Waals surface area contributed by atoms with Gasteiger partial charge in [-0.2, -0.15) is 11.8 Å². The number of hydrogen-bond acceptors (Lipinski definition) is 4. The van der Waals surface area contributed by atoms with Gasteiger partial charge in [0.2, 0.25) is 0 Å². The van der Waals surface area contributed by atoms with E-state index >= 15 is 0 Å². The summed E-state index contributed by atoms with van der Waals surface area (Å²) in [6.07, 6.45) is 1.27. The molecule has 2 rings (SSSR count). The third kappa shape index (κ3) is 3.21. The normalized spacial score (nSPS) is 15.3. The fraction of sp³-hybridized carbons (Fsp3) is 0.636. The predicted octanol–water partition coefficient (Wildman–Crippen LogP) is 2.27. The zero-order chi connectivity index (χ0) is 10.5. The maximum Gasteiger partial charge on any atom is 0.0587 e. The number of methoxy groups -OCH3 is 1. The maximum atomic E-state index is 5.00. The highest BCUT2D eigenvalue weighted by molar-refractivity contribution is 7.98. The first-order chi connectivity index (χ1) is 7.40. The average Bonchev–Trinajstić information content (AvgIpc) is 2.67. The van der Waals surface area contributed by atoms with Gasteiger partial charge in [-0.1, -0.05) is 0 Å². The summed E-state index contributed by atoms with van der Waals surface area (Å²) in [5.41, 5.74) is 1.57. The lowest BCUT2D eigenvalue weighted by Gasteiger charge is -2.08. The number of aryl methyl sites for hydroxylation is 1. The van der Waals surface area contributed by atoms with Crippen LogP contribution in [0, 0.1) is 0 Å². The second-order valence-corrected chi connectivity index (χ2v) is 5.96. The third-order valence-electron chi connectivity index (χ3n) is 2.46. The summed E-state index contributed by atoms with van der Waals surface area (Å²) in [5.74, 6) is 2.51. The number of ether oxygens (including phenoxy) is 1. The predicted molar refractivity (Wildman–Crippen MR) is 67.8 cm³/mol. The molecule has 0 atom stereocenters. The van der Waals surface area contributed by atoms with Crippen LogP contribution in [-0.2, 0) is 23.5 Å². The highest BCUT2D eigenvalue weighted by Gasteiger charge is 2.12. The molecule has 15 heavy (non-hydrogen) atoms. The largest absolute Gasteiger partial charge is 0.383 e. The Morgan fingerprint density at radius 2 is 2.47 bits per heavy atom. The summed E-state index contributed by atoms with van der Waals surface area (Å²) < 4.78 is 5.00. The SMILES string of the molecule is COCCNCc1cc2c(s1)CCSC2. The Morgan fingerprint density at radius 1 is 1.53 bits per heavy atom. The minimum absolute atomic E-state index is 0.793. The van der Waals surface area contributed by atoms with Crippen LogP contribution in [0.25, 0.3) is 0 Å². The molecule has 4 heteroatoms. The molecule has 0 amide bonds. The van der Waals surface area contributed by atoms with E-state index in [0.717, 1.165) is 19.7 Å². The molecule has 2 heterocycles. The molecule has 84 valence electrons. The van der Waals surface area contributed by atoms with Crippen molar-refractivity contribution in [1.82, 2.24) is 5.32 Å². The van der Waals surface area contributed by atoms with Crippen molar-refractivity contribution in [2.45, 2.75) is 18.7 Å². The Balaban J connectivity index is 1.84. The molecule has 0 unspecified atom stereocenters. The lowest BCUT2D eigenvalue weighted by Crippen LogP contribution is -2.17. The van der Waals surface area contributed by atoms with E-state index in [4.69, 9.17) is 4.74 Å². The molecule has 1 aromatic heterocycles. The van der Waals surface area contributed by atoms with Crippen LogP contribution in [0.15, 0.2) is 6.07 Å². The fourth-order valence-electron chi connectivity index (χ4n) is 1.68. The van der Waals surface area contributed by atoms with Crippen LogP contribution in [0.2, 0.25) is 0 Å². The summed E-state index contributed by atoms with van der Waals surface area (Å²) in [7, 11) is 1.74. The minimum atomic E-state index is 0.793. The minimum Gasteiger partial charge on any atom is -0.383 e. The summed E-state index contributed by atoms with van der Waals surface area (Å²) in [5, 5.41) is 3.39. The molecule has 0 saturated carbocycles. The molecule has 0 saturated heterocycles. The third-order valence-corrected chi connectivity index (χ3v) is 4.71. The monoisotopic (exact) mass is 243 g/mol. The standard InChI is InChI=1S/C11H17NOS2/c1-13-4-3-12-7-10-6-9-8-14-5-2-11(9)15-10/h6,12H,2-5,7-8H2,1H3. The van der Waals surface area contributed by atoms with Gasteiger partial charge in [-0.05, 0) is 23.8 Å². The van der Waals surface area contributed by atoms with Gasteiger partial charge in [-0.15, -0.1) is 11.3 Å². The lowest BCUT2D eigenvalue weighted by atomic mass is 10.2. The van der Waals surface area contributed by atoms with E-state index in [1.54, 1.807) is 17.6 Å². The first kappa shape index (κ1) is 11.5. The molecular weight excluding hydrogens is 226 g/mol. The van der Waals surface area contributed by atoms with Crippen LogP contribution in [0.5, 0.6) is 0 Å². The van der Waals surface area contributed by atoms with Crippen LogP contribution in [-0.4, -0.2) is 26.0 Å². The van der Waals surface area contributed by atoms with Crippen molar-refractivity contribution in [3.05, 3.63) is 21.4 Å². The number of fused-ring (bicyclic) bond motifs is 1. The molecule has 1 N–H and O–H groups in total. The molecule has 1 aromatic rings. The Morgan fingerprint density at radius 3 is 3.27 bits per heavy atom. The summed E-state index contributed by atoms with van der Waals surface area (Å²) in [6.45, 7) is 2.72. The van der Waals surface area contributed by atoms with Gasteiger partial charge in [0.05, 0.1) is 6.61 Å². The van der Waals surface area contributed by atoms with Gasteiger partial charge in [0.25, 0.3) is 0 Å². The van der Waals surface area contributed by atoms with E-state index < -0.39 is 0 Å². The molecule has 1 aliphatic heterocycles. The number of thioether (sulfide) groups is 1. The van der Waals surface area contributed by atoms with Crippen molar-refractivity contribution in [3.8, 4) is 0 Å². The zero-order valence-corrected chi connectivity index (χ0v) is 10.7. The molecule has 0 fully saturated rings. The van der Waals surface area contributed by atoms with E-state index in [9.17, 15) is 0 Å². The molecule has 0 aliphatic carbocycles. The van der Waals surface area contributed by atoms with Gasteiger partial charge in [-0.3, -0.25) is 0 Å². The molecule has 0 spiro atoms. The number of rotatable bonds is 5. The van der Waals surface area contributed by atoms with Crippen LogP contribution in [0.4, 0.5) is 0 Å². The number of nitrogens with one attached hydrogen (secondary N) is 1. The van der Waals surface area contributed by atoms with Gasteiger partial charge in [0, 0.05) is 35.7 Å².